The van der Waals surface area contributed by atoms with E-state index >= 15 is 0 Å². The summed E-state index contributed by atoms with van der Waals surface area (Å²) >= 11 is 0. The number of halogens is 1. The molecule has 2 heterocycles. The number of anilines is 2. The zero-order valence-corrected chi connectivity index (χ0v) is 21.5. The van der Waals surface area contributed by atoms with Crippen molar-refractivity contribution in [3.05, 3.63) is 53.8 Å². The van der Waals surface area contributed by atoms with Gasteiger partial charge in [-0.25, -0.2) is 12.8 Å². The maximum atomic E-state index is 14.7. The molecule has 5 rings (SSSR count). The lowest BCUT2D eigenvalue weighted by molar-refractivity contribution is -0.118. The molecule has 3 aliphatic rings. The number of sulfonamides is 1. The zero-order valence-electron chi connectivity index (χ0n) is 20.7. The predicted molar refractivity (Wildman–Crippen MR) is 137 cm³/mol. The predicted octanol–water partition coefficient (Wildman–Crippen LogP) is 3.90. The fourth-order valence-corrected chi connectivity index (χ4v) is 7.02. The standard InChI is InChI=1S/C27H34FN3O4S/c1-2-3-4-5-19-6-9-21(10-7-19)36(33,34)31-17-22-23(18-31)26(22)27(32)29-20-8-11-25(24(28)16-20)30-12-14-35-15-13-30/h6-11,16,22-23,26H,2-5,12-15,17-18H2,1H3,(H,29,32). The maximum absolute atomic E-state index is 14.7. The molecule has 2 aliphatic heterocycles. The van der Waals surface area contributed by atoms with Gasteiger partial charge in [-0.1, -0.05) is 31.9 Å². The van der Waals surface area contributed by atoms with Crippen LogP contribution in [0.2, 0.25) is 0 Å². The average molecular weight is 516 g/mol. The second-order valence-electron chi connectivity index (χ2n) is 10.0. The number of piperidine rings is 1. The summed E-state index contributed by atoms with van der Waals surface area (Å²) < 4.78 is 47.7. The molecule has 3 fully saturated rings. The van der Waals surface area contributed by atoms with Crippen LogP contribution < -0.4 is 10.2 Å². The number of aryl methyl sites for hydroxylation is 1. The minimum absolute atomic E-state index is 0.00515. The molecule has 0 radical (unpaired) electrons. The third-order valence-electron chi connectivity index (χ3n) is 7.66. The van der Waals surface area contributed by atoms with Crippen molar-refractivity contribution in [2.45, 2.75) is 37.5 Å². The fourth-order valence-electron chi connectivity index (χ4n) is 5.50. The molecule has 1 saturated carbocycles. The summed E-state index contributed by atoms with van der Waals surface area (Å²) in [5, 5.41) is 2.83. The minimum atomic E-state index is -3.57. The smallest absolute Gasteiger partial charge is 0.243 e. The highest BCUT2D eigenvalue weighted by molar-refractivity contribution is 7.89. The molecule has 36 heavy (non-hydrogen) atoms. The summed E-state index contributed by atoms with van der Waals surface area (Å²) in [5.74, 6) is -0.771. The van der Waals surface area contributed by atoms with Crippen molar-refractivity contribution < 1.29 is 22.3 Å². The first-order valence-corrected chi connectivity index (χ1v) is 14.3. The minimum Gasteiger partial charge on any atom is -0.378 e. The molecular weight excluding hydrogens is 481 g/mol. The van der Waals surface area contributed by atoms with Crippen molar-refractivity contribution in [3.63, 3.8) is 0 Å². The van der Waals surface area contributed by atoms with Crippen molar-refractivity contribution in [2.75, 3.05) is 49.6 Å². The summed E-state index contributed by atoms with van der Waals surface area (Å²) in [5.41, 5.74) is 2.08. The number of nitrogens with zero attached hydrogens (tertiary/aromatic N) is 2. The Labute approximate surface area is 212 Å². The van der Waals surface area contributed by atoms with Gasteiger partial charge >= 0.3 is 0 Å². The van der Waals surface area contributed by atoms with E-state index in [1.807, 2.05) is 17.0 Å². The molecule has 9 heteroatoms. The Hall–Kier alpha value is -2.49. The van der Waals surface area contributed by atoms with Crippen molar-refractivity contribution in [1.82, 2.24) is 4.31 Å². The lowest BCUT2D eigenvalue weighted by Crippen LogP contribution is -2.36. The first-order valence-electron chi connectivity index (χ1n) is 12.9. The number of ether oxygens (including phenoxy) is 1. The van der Waals surface area contributed by atoms with Gasteiger partial charge < -0.3 is 15.0 Å². The zero-order chi connectivity index (χ0) is 25.3. The van der Waals surface area contributed by atoms with E-state index < -0.39 is 10.0 Å². The largest absolute Gasteiger partial charge is 0.378 e. The number of hydrogen-bond acceptors (Lipinski definition) is 5. The Morgan fingerprint density at radius 2 is 1.75 bits per heavy atom. The molecule has 0 spiro atoms. The van der Waals surface area contributed by atoms with Crippen molar-refractivity contribution in [1.29, 1.82) is 0 Å². The highest BCUT2D eigenvalue weighted by atomic mass is 32.2. The lowest BCUT2D eigenvalue weighted by atomic mass is 10.1. The molecule has 2 saturated heterocycles. The molecule has 194 valence electrons. The third kappa shape index (κ3) is 5.14. The molecule has 2 atom stereocenters. The third-order valence-corrected chi connectivity index (χ3v) is 9.51. The Morgan fingerprint density at radius 1 is 1.06 bits per heavy atom. The number of fused-ring (bicyclic) bond motifs is 1. The van der Waals surface area contributed by atoms with Crippen LogP contribution in [0.1, 0.15) is 31.7 Å². The molecule has 0 bridgehead atoms. The second-order valence-corrected chi connectivity index (χ2v) is 12.0. The van der Waals surface area contributed by atoms with Crippen LogP contribution in [0, 0.1) is 23.6 Å². The van der Waals surface area contributed by atoms with Gasteiger partial charge in [0.05, 0.1) is 23.8 Å². The van der Waals surface area contributed by atoms with Gasteiger partial charge in [0.2, 0.25) is 15.9 Å². The number of rotatable bonds is 9. The summed E-state index contributed by atoms with van der Waals surface area (Å²) in [6.07, 6.45) is 4.38. The molecule has 1 N–H and O–H groups in total. The second kappa shape index (κ2) is 10.5. The Morgan fingerprint density at radius 3 is 2.39 bits per heavy atom. The van der Waals surface area contributed by atoms with Crippen LogP contribution >= 0.6 is 0 Å². The number of hydrogen-bond donors (Lipinski definition) is 1. The summed E-state index contributed by atoms with van der Waals surface area (Å²) in [6, 6.07) is 11.9. The summed E-state index contributed by atoms with van der Waals surface area (Å²) in [4.78, 5) is 15.1. The van der Waals surface area contributed by atoms with E-state index in [0.29, 0.717) is 55.7 Å². The molecule has 2 aromatic rings. The van der Waals surface area contributed by atoms with E-state index in [-0.39, 0.29) is 29.5 Å². The van der Waals surface area contributed by atoms with Gasteiger partial charge in [0.1, 0.15) is 5.82 Å². The monoisotopic (exact) mass is 515 g/mol. The topological polar surface area (TPSA) is 79.0 Å². The van der Waals surface area contributed by atoms with Crippen LogP contribution in [0.5, 0.6) is 0 Å². The normalized spacial score (nSPS) is 23.9. The summed E-state index contributed by atoms with van der Waals surface area (Å²) in [7, 11) is -3.57. The average Bonchev–Trinajstić information content (AvgIpc) is 3.38. The molecule has 2 unspecified atom stereocenters. The van der Waals surface area contributed by atoms with Crippen molar-refractivity contribution in [2.24, 2.45) is 17.8 Å². The SMILES string of the molecule is CCCCCc1ccc(S(=O)(=O)N2CC3C(C2)C3C(=O)Nc2ccc(N3CCOCC3)c(F)c2)cc1. The van der Waals surface area contributed by atoms with Gasteiger partial charge in [0.25, 0.3) is 0 Å². The van der Waals surface area contributed by atoms with Crippen molar-refractivity contribution >= 4 is 27.3 Å². The van der Waals surface area contributed by atoms with Gasteiger partial charge in [0, 0.05) is 37.8 Å². The maximum Gasteiger partial charge on any atom is 0.243 e. The van der Waals surface area contributed by atoms with Crippen LogP contribution in [0.15, 0.2) is 47.4 Å². The Bertz CT molecular complexity index is 1190. The molecule has 1 aliphatic carbocycles. The van der Waals surface area contributed by atoms with Crippen LogP contribution in [0.3, 0.4) is 0 Å². The highest BCUT2D eigenvalue weighted by Gasteiger charge is 2.61. The van der Waals surface area contributed by atoms with Gasteiger partial charge in [-0.3, -0.25) is 4.79 Å². The molecule has 1 amide bonds. The lowest BCUT2D eigenvalue weighted by Gasteiger charge is -2.29. The Kier molecular flexibility index (Phi) is 7.32. The fraction of sp³-hybridized carbons (Fsp3) is 0.519. The van der Waals surface area contributed by atoms with E-state index in [1.54, 1.807) is 24.3 Å². The highest BCUT2D eigenvalue weighted by Crippen LogP contribution is 2.53. The van der Waals surface area contributed by atoms with Crippen LogP contribution in [-0.4, -0.2) is 58.0 Å². The van der Waals surface area contributed by atoms with E-state index in [2.05, 4.69) is 12.2 Å². The van der Waals surface area contributed by atoms with Crippen LogP contribution in [0.25, 0.3) is 0 Å². The number of nitrogens with one attached hydrogen (secondary N) is 1. The Balaban J connectivity index is 1.15. The van der Waals surface area contributed by atoms with E-state index in [0.717, 1.165) is 24.8 Å². The number of amides is 1. The quantitative estimate of drug-likeness (QED) is 0.513. The number of unbranched alkanes of at least 4 members (excludes halogenated alkanes) is 2. The molecule has 0 aromatic heterocycles. The van der Waals surface area contributed by atoms with E-state index in [4.69, 9.17) is 4.74 Å². The van der Waals surface area contributed by atoms with Gasteiger partial charge in [-0.15, -0.1) is 0 Å². The first-order chi connectivity index (χ1) is 17.4. The van der Waals surface area contributed by atoms with Crippen LogP contribution in [-0.2, 0) is 26.0 Å². The van der Waals surface area contributed by atoms with Crippen molar-refractivity contribution in [3.8, 4) is 0 Å². The number of carbonyl (C=O) groups excluding carboxylic acids is 1. The number of benzene rings is 2. The number of morpholine rings is 1. The van der Waals surface area contributed by atoms with Crippen LogP contribution in [0.4, 0.5) is 15.8 Å². The van der Waals surface area contributed by atoms with Gasteiger partial charge in [-0.05, 0) is 60.6 Å². The van der Waals surface area contributed by atoms with Gasteiger partial charge in [0.15, 0.2) is 0 Å². The molecular formula is C27H34FN3O4S. The van der Waals surface area contributed by atoms with E-state index in [9.17, 15) is 17.6 Å². The number of carbonyl (C=O) groups is 1. The summed E-state index contributed by atoms with van der Waals surface area (Å²) in [6.45, 7) is 5.25. The van der Waals surface area contributed by atoms with Gasteiger partial charge in [-0.2, -0.15) is 4.31 Å². The van der Waals surface area contributed by atoms with E-state index in [1.165, 1.54) is 16.8 Å². The first kappa shape index (κ1) is 25.2. The molecule has 7 nitrogen and oxygen atoms in total. The molecule has 2 aromatic carbocycles.